The summed E-state index contributed by atoms with van der Waals surface area (Å²) in [6, 6.07) is 12.2. The predicted octanol–water partition coefficient (Wildman–Crippen LogP) is 5.71. The van der Waals surface area contributed by atoms with Crippen molar-refractivity contribution < 1.29 is 40.6 Å². The molecule has 0 fully saturated rings. The molecule has 1 N–H and O–H groups in total. The third-order valence-corrected chi connectivity index (χ3v) is 7.96. The number of hydrogen-bond acceptors (Lipinski definition) is 4. The third-order valence-electron chi connectivity index (χ3n) is 5.83. The van der Waals surface area contributed by atoms with Crippen LogP contribution in [0, 0.1) is 5.82 Å². The molecule has 196 valence electrons. The molecule has 3 aromatic carbocycles. The number of aryl methyl sites for hydroxylation is 1. The van der Waals surface area contributed by atoms with Gasteiger partial charge in [0, 0.05) is 10.6 Å². The van der Waals surface area contributed by atoms with Crippen LogP contribution in [0.25, 0.3) is 0 Å². The van der Waals surface area contributed by atoms with Crippen molar-refractivity contribution in [3.63, 3.8) is 0 Å². The maximum Gasteiger partial charge on any atom is 0.416 e. The van der Waals surface area contributed by atoms with E-state index in [-0.39, 0.29) is 34.9 Å². The van der Waals surface area contributed by atoms with Gasteiger partial charge in [-0.3, -0.25) is 9.10 Å². The number of carboxylic acid groups (broad SMARTS) is 1. The summed E-state index contributed by atoms with van der Waals surface area (Å²) in [6.07, 6.45) is -5.89. The van der Waals surface area contributed by atoms with Crippen molar-refractivity contribution in [3.8, 4) is 5.75 Å². The van der Waals surface area contributed by atoms with Crippen molar-refractivity contribution in [1.82, 2.24) is 0 Å². The molecule has 3 aromatic rings. The van der Waals surface area contributed by atoms with Crippen molar-refractivity contribution in [1.29, 1.82) is 0 Å². The molecular formula is C25H20ClF4NO5S. The molecule has 0 saturated carbocycles. The van der Waals surface area contributed by atoms with Gasteiger partial charge in [0.15, 0.2) is 0 Å². The van der Waals surface area contributed by atoms with Crippen LogP contribution in [0.15, 0.2) is 65.6 Å². The molecule has 1 atom stereocenters. The number of anilines is 1. The van der Waals surface area contributed by atoms with Crippen molar-refractivity contribution in [2.45, 2.75) is 36.4 Å². The summed E-state index contributed by atoms with van der Waals surface area (Å²) in [7, 11) is -4.54. The van der Waals surface area contributed by atoms with Gasteiger partial charge in [-0.05, 0) is 60.9 Å². The maximum absolute atomic E-state index is 14.2. The van der Waals surface area contributed by atoms with Crippen LogP contribution in [0.4, 0.5) is 23.2 Å². The minimum Gasteiger partial charge on any atom is -0.486 e. The molecule has 12 heteroatoms. The zero-order chi connectivity index (χ0) is 27.0. The lowest BCUT2D eigenvalue weighted by Crippen LogP contribution is -2.44. The number of carboxylic acids is 1. The Bertz CT molecular complexity index is 1420. The fourth-order valence-electron chi connectivity index (χ4n) is 4.04. The van der Waals surface area contributed by atoms with Gasteiger partial charge in [-0.25, -0.2) is 12.8 Å². The molecule has 0 saturated heterocycles. The monoisotopic (exact) mass is 557 g/mol. The number of sulfonamides is 1. The molecular weight excluding hydrogens is 538 g/mol. The minimum atomic E-state index is -4.76. The van der Waals surface area contributed by atoms with Crippen LogP contribution in [0.3, 0.4) is 0 Å². The van der Waals surface area contributed by atoms with Gasteiger partial charge in [0.1, 0.15) is 17.7 Å². The Morgan fingerprint density at radius 2 is 1.81 bits per heavy atom. The minimum absolute atomic E-state index is 0.0381. The Morgan fingerprint density at radius 3 is 2.49 bits per heavy atom. The van der Waals surface area contributed by atoms with Gasteiger partial charge in [0.25, 0.3) is 10.0 Å². The average Bonchev–Trinajstić information content (AvgIpc) is 2.82. The SMILES string of the molecule is O=C(O)C[C@H]1CN(S(=O)(=O)c2cccc(C(F)(F)F)c2)c2cc(CCc3c(F)cccc3Cl)ccc2O1. The van der Waals surface area contributed by atoms with E-state index < -0.39 is 57.5 Å². The molecule has 0 spiro atoms. The quantitative estimate of drug-likeness (QED) is 0.376. The lowest BCUT2D eigenvalue weighted by molar-refractivity contribution is -0.139. The highest BCUT2D eigenvalue weighted by Gasteiger charge is 2.37. The summed E-state index contributed by atoms with van der Waals surface area (Å²) in [5.74, 6) is -1.66. The van der Waals surface area contributed by atoms with Crippen LogP contribution in [0.2, 0.25) is 5.02 Å². The van der Waals surface area contributed by atoms with Crippen LogP contribution in [-0.4, -0.2) is 32.1 Å². The van der Waals surface area contributed by atoms with Gasteiger partial charge in [-0.15, -0.1) is 0 Å². The molecule has 4 rings (SSSR count). The first-order valence-corrected chi connectivity index (χ1v) is 12.8. The number of ether oxygens (including phenoxy) is 1. The number of rotatable bonds is 7. The van der Waals surface area contributed by atoms with Crippen LogP contribution in [0.1, 0.15) is 23.1 Å². The largest absolute Gasteiger partial charge is 0.486 e. The molecule has 0 amide bonds. The van der Waals surface area contributed by atoms with Crippen LogP contribution in [0.5, 0.6) is 5.75 Å². The summed E-state index contributed by atoms with van der Waals surface area (Å²) >= 11 is 6.09. The average molecular weight is 558 g/mol. The second-order valence-corrected chi connectivity index (χ2v) is 10.7. The first-order chi connectivity index (χ1) is 17.4. The van der Waals surface area contributed by atoms with Crippen LogP contribution >= 0.6 is 11.6 Å². The fourth-order valence-corrected chi connectivity index (χ4v) is 5.84. The van der Waals surface area contributed by atoms with Crippen molar-refractivity contribution in [3.05, 3.63) is 88.2 Å². The van der Waals surface area contributed by atoms with E-state index in [0.717, 1.165) is 22.5 Å². The fraction of sp³-hybridized carbons (Fsp3) is 0.240. The van der Waals surface area contributed by atoms with Crippen molar-refractivity contribution in [2.24, 2.45) is 0 Å². The van der Waals surface area contributed by atoms with Crippen molar-refractivity contribution >= 4 is 33.3 Å². The Labute approximate surface area is 215 Å². The van der Waals surface area contributed by atoms with E-state index in [1.54, 1.807) is 12.1 Å². The molecule has 1 heterocycles. The predicted molar refractivity (Wildman–Crippen MR) is 128 cm³/mol. The number of alkyl halides is 3. The molecule has 1 aliphatic heterocycles. The third kappa shape index (κ3) is 5.83. The Balaban J connectivity index is 1.72. The normalized spacial score (nSPS) is 15.7. The molecule has 0 bridgehead atoms. The second-order valence-electron chi connectivity index (χ2n) is 8.40. The van der Waals surface area contributed by atoms with Crippen LogP contribution in [-0.2, 0) is 33.8 Å². The van der Waals surface area contributed by atoms with Crippen LogP contribution < -0.4 is 9.04 Å². The van der Waals surface area contributed by atoms with E-state index in [1.807, 2.05) is 0 Å². The number of carbonyl (C=O) groups is 1. The molecule has 37 heavy (non-hydrogen) atoms. The van der Waals surface area contributed by atoms with E-state index in [9.17, 15) is 35.9 Å². The second kappa shape index (κ2) is 10.2. The van der Waals surface area contributed by atoms with Gasteiger partial charge < -0.3 is 9.84 Å². The maximum atomic E-state index is 14.2. The molecule has 1 aliphatic rings. The standard InChI is InChI=1S/C25H20ClF4NO5S/c26-20-5-2-6-21(27)19(20)9-7-15-8-10-23-22(11-15)31(14-17(36-23)13-24(32)33)37(34,35)18-4-1-3-16(12-18)25(28,29)30/h1-6,8,10-12,17H,7,9,13-14H2,(H,32,33)/t17-/m0/s1. The number of nitrogens with zero attached hydrogens (tertiary/aromatic N) is 1. The summed E-state index contributed by atoms with van der Waals surface area (Å²) in [4.78, 5) is 10.7. The van der Waals surface area contributed by atoms with E-state index in [0.29, 0.717) is 11.6 Å². The number of halogens is 5. The first-order valence-electron chi connectivity index (χ1n) is 11.0. The Kier molecular flexibility index (Phi) is 7.38. The van der Waals surface area contributed by atoms with Gasteiger partial charge in [-0.2, -0.15) is 13.2 Å². The van der Waals surface area contributed by atoms with E-state index >= 15 is 0 Å². The number of benzene rings is 3. The van der Waals surface area contributed by atoms with Gasteiger partial charge >= 0.3 is 12.1 Å². The lowest BCUT2D eigenvalue weighted by atomic mass is 10.0. The zero-order valence-electron chi connectivity index (χ0n) is 19.0. The highest BCUT2D eigenvalue weighted by Crippen LogP contribution is 2.39. The Hall–Kier alpha value is -3.31. The topological polar surface area (TPSA) is 83.9 Å². The molecule has 0 unspecified atom stereocenters. The lowest BCUT2D eigenvalue weighted by Gasteiger charge is -2.35. The van der Waals surface area contributed by atoms with E-state index in [1.165, 1.54) is 24.3 Å². The van der Waals surface area contributed by atoms with E-state index in [2.05, 4.69) is 0 Å². The number of fused-ring (bicyclic) bond motifs is 1. The molecule has 6 nitrogen and oxygen atoms in total. The highest BCUT2D eigenvalue weighted by molar-refractivity contribution is 7.92. The summed E-state index contributed by atoms with van der Waals surface area (Å²) in [6.45, 7) is -0.430. The van der Waals surface area contributed by atoms with E-state index in [4.69, 9.17) is 16.3 Å². The molecule has 0 aromatic heterocycles. The van der Waals surface area contributed by atoms with Gasteiger partial charge in [-0.1, -0.05) is 29.8 Å². The Morgan fingerprint density at radius 1 is 1.08 bits per heavy atom. The summed E-state index contributed by atoms with van der Waals surface area (Å²) in [5.41, 5.74) is -0.230. The number of hydrogen-bond donors (Lipinski definition) is 1. The van der Waals surface area contributed by atoms with Gasteiger partial charge in [0.2, 0.25) is 0 Å². The smallest absolute Gasteiger partial charge is 0.416 e. The first kappa shape index (κ1) is 26.7. The number of aliphatic carboxylic acids is 1. The highest BCUT2D eigenvalue weighted by atomic mass is 35.5. The molecule has 0 radical (unpaired) electrons. The van der Waals surface area contributed by atoms with Crippen molar-refractivity contribution in [2.75, 3.05) is 10.8 Å². The van der Waals surface area contributed by atoms with Gasteiger partial charge in [0.05, 0.1) is 29.1 Å². The zero-order valence-corrected chi connectivity index (χ0v) is 20.6. The molecule has 0 aliphatic carbocycles. The summed E-state index contributed by atoms with van der Waals surface area (Å²) < 4.78 is 87.5. The summed E-state index contributed by atoms with van der Waals surface area (Å²) in [5, 5.41) is 9.44.